The number of nitrogens with zero attached hydrogens (tertiary/aromatic N) is 4. The highest BCUT2D eigenvalue weighted by Gasteiger charge is 2.32. The van der Waals surface area contributed by atoms with Crippen molar-refractivity contribution < 1.29 is 4.79 Å². The number of Topliss-reactive ketones (excluding diaryl/α,β-unsaturated/α-hetero) is 1. The Morgan fingerprint density at radius 1 is 1.14 bits per heavy atom. The quantitative estimate of drug-likeness (QED) is 0.438. The minimum Gasteiger partial charge on any atom is -0.299 e. The normalized spacial score (nSPS) is 14.9. The van der Waals surface area contributed by atoms with Gasteiger partial charge in [0, 0.05) is 29.6 Å². The van der Waals surface area contributed by atoms with E-state index in [1.54, 1.807) is 6.20 Å². The van der Waals surface area contributed by atoms with Crippen molar-refractivity contribution in [2.24, 2.45) is 0 Å². The zero-order valence-corrected chi connectivity index (χ0v) is 17.5. The lowest BCUT2D eigenvalue weighted by molar-refractivity contribution is 0.0993. The van der Waals surface area contributed by atoms with Crippen LogP contribution in [0.2, 0.25) is 0 Å². The predicted molar refractivity (Wildman–Crippen MR) is 112 cm³/mol. The van der Waals surface area contributed by atoms with Crippen LogP contribution in [0.4, 0.5) is 0 Å². The number of ketones is 1. The molecule has 5 nitrogen and oxygen atoms in total. The van der Waals surface area contributed by atoms with Gasteiger partial charge in [-0.15, -0.1) is 10.2 Å². The SMILES string of the molecule is Cc1cc(C)c(C(=O)[C@H](C)Sc2nnc(-c3cccnc3)n2C2CC2)cc1C. The number of hydrogen-bond acceptors (Lipinski definition) is 5. The molecule has 28 heavy (non-hydrogen) atoms. The average molecular weight is 393 g/mol. The molecule has 0 spiro atoms. The number of rotatable bonds is 6. The molecule has 1 atom stereocenters. The minimum absolute atomic E-state index is 0.138. The van der Waals surface area contributed by atoms with Crippen LogP contribution in [0.25, 0.3) is 11.4 Å². The molecule has 0 amide bonds. The van der Waals surface area contributed by atoms with Gasteiger partial charge in [0.1, 0.15) is 0 Å². The number of hydrogen-bond donors (Lipinski definition) is 0. The highest BCUT2D eigenvalue weighted by molar-refractivity contribution is 8.00. The second-order valence-corrected chi connectivity index (χ2v) is 8.83. The summed E-state index contributed by atoms with van der Waals surface area (Å²) in [5.41, 5.74) is 5.14. The van der Waals surface area contributed by atoms with Gasteiger partial charge in [-0.2, -0.15) is 0 Å². The zero-order chi connectivity index (χ0) is 19.8. The van der Waals surface area contributed by atoms with Crippen LogP contribution in [-0.2, 0) is 0 Å². The fourth-order valence-corrected chi connectivity index (χ4v) is 4.36. The van der Waals surface area contributed by atoms with Gasteiger partial charge in [0.05, 0.1) is 5.25 Å². The van der Waals surface area contributed by atoms with Crippen LogP contribution in [0.5, 0.6) is 0 Å². The summed E-state index contributed by atoms with van der Waals surface area (Å²) in [7, 11) is 0. The van der Waals surface area contributed by atoms with Crippen LogP contribution >= 0.6 is 11.8 Å². The van der Waals surface area contributed by atoms with Gasteiger partial charge >= 0.3 is 0 Å². The molecular weight excluding hydrogens is 368 g/mol. The fraction of sp³-hybridized carbons (Fsp3) is 0.364. The Hall–Kier alpha value is -2.47. The largest absolute Gasteiger partial charge is 0.299 e. The van der Waals surface area contributed by atoms with E-state index in [0.717, 1.165) is 46.1 Å². The van der Waals surface area contributed by atoms with Crippen molar-refractivity contribution in [1.82, 2.24) is 19.7 Å². The standard InChI is InChI=1S/C22H24N4OS/c1-13-10-15(3)19(11-14(13)2)20(27)16(4)28-22-25-24-21(26(22)18-7-8-18)17-6-5-9-23-12-17/h5-6,9-12,16,18H,7-8H2,1-4H3/t16-/m0/s1. The van der Waals surface area contributed by atoms with Gasteiger partial charge in [-0.25, -0.2) is 0 Å². The number of aryl methyl sites for hydroxylation is 3. The molecule has 1 aliphatic rings. The Balaban J connectivity index is 1.62. The molecule has 3 aromatic rings. The van der Waals surface area contributed by atoms with Crippen LogP contribution < -0.4 is 0 Å². The van der Waals surface area contributed by atoms with E-state index in [1.807, 2.05) is 45.2 Å². The predicted octanol–water partition coefficient (Wildman–Crippen LogP) is 4.96. The van der Waals surface area contributed by atoms with E-state index in [2.05, 4.69) is 32.7 Å². The zero-order valence-electron chi connectivity index (χ0n) is 16.6. The van der Waals surface area contributed by atoms with Crippen molar-refractivity contribution in [1.29, 1.82) is 0 Å². The summed E-state index contributed by atoms with van der Waals surface area (Å²) in [5, 5.41) is 9.41. The summed E-state index contributed by atoms with van der Waals surface area (Å²) in [6, 6.07) is 8.42. The third-order valence-corrected chi connectivity index (χ3v) is 6.31. The number of carbonyl (C=O) groups excluding carboxylic acids is 1. The van der Waals surface area contributed by atoms with Gasteiger partial charge in [-0.3, -0.25) is 14.3 Å². The summed E-state index contributed by atoms with van der Waals surface area (Å²) in [6.45, 7) is 8.08. The molecule has 144 valence electrons. The Morgan fingerprint density at radius 2 is 1.89 bits per heavy atom. The molecule has 1 aromatic carbocycles. The first-order valence-corrected chi connectivity index (χ1v) is 10.5. The number of aromatic nitrogens is 4. The van der Waals surface area contributed by atoms with Gasteiger partial charge in [-0.1, -0.05) is 17.8 Å². The third-order valence-electron chi connectivity index (χ3n) is 5.25. The van der Waals surface area contributed by atoms with E-state index in [4.69, 9.17) is 0 Å². The monoisotopic (exact) mass is 392 g/mol. The molecule has 1 fully saturated rings. The van der Waals surface area contributed by atoms with Gasteiger partial charge < -0.3 is 0 Å². The van der Waals surface area contributed by atoms with Crippen molar-refractivity contribution in [3.63, 3.8) is 0 Å². The Labute approximate surface area is 169 Å². The first-order valence-electron chi connectivity index (χ1n) is 9.59. The molecule has 0 unspecified atom stereocenters. The lowest BCUT2D eigenvalue weighted by atomic mass is 9.97. The molecule has 2 heterocycles. The van der Waals surface area contributed by atoms with Gasteiger partial charge in [0.25, 0.3) is 0 Å². The van der Waals surface area contributed by atoms with Crippen LogP contribution in [0.1, 0.15) is 52.9 Å². The summed E-state index contributed by atoms with van der Waals surface area (Å²) in [5.74, 6) is 0.971. The maximum Gasteiger partial charge on any atom is 0.192 e. The van der Waals surface area contributed by atoms with Crippen LogP contribution in [-0.4, -0.2) is 30.8 Å². The van der Waals surface area contributed by atoms with Crippen LogP contribution in [0.15, 0.2) is 41.8 Å². The minimum atomic E-state index is -0.232. The molecule has 1 saturated carbocycles. The molecule has 0 aliphatic heterocycles. The van der Waals surface area contributed by atoms with Crippen molar-refractivity contribution in [3.8, 4) is 11.4 Å². The molecule has 4 rings (SSSR count). The first-order chi connectivity index (χ1) is 13.5. The number of thioether (sulfide) groups is 1. The number of carbonyl (C=O) groups is 1. The fourth-order valence-electron chi connectivity index (χ4n) is 3.37. The Bertz CT molecular complexity index is 1020. The molecule has 2 aromatic heterocycles. The summed E-state index contributed by atoms with van der Waals surface area (Å²) in [6.07, 6.45) is 5.81. The second kappa shape index (κ2) is 7.51. The Kier molecular flexibility index (Phi) is 5.06. The summed E-state index contributed by atoms with van der Waals surface area (Å²) in [4.78, 5) is 17.3. The smallest absolute Gasteiger partial charge is 0.192 e. The summed E-state index contributed by atoms with van der Waals surface area (Å²) >= 11 is 1.50. The van der Waals surface area contributed by atoms with E-state index in [1.165, 1.54) is 17.3 Å². The molecule has 0 N–H and O–H groups in total. The van der Waals surface area contributed by atoms with E-state index in [-0.39, 0.29) is 11.0 Å². The number of pyridine rings is 1. The molecule has 0 bridgehead atoms. The van der Waals surface area contributed by atoms with E-state index >= 15 is 0 Å². The molecule has 1 aliphatic carbocycles. The topological polar surface area (TPSA) is 60.7 Å². The van der Waals surface area contributed by atoms with Gasteiger partial charge in [-0.05, 0) is 75.4 Å². The van der Waals surface area contributed by atoms with E-state index in [0.29, 0.717) is 6.04 Å². The number of benzene rings is 1. The van der Waals surface area contributed by atoms with Crippen LogP contribution in [0.3, 0.4) is 0 Å². The lowest BCUT2D eigenvalue weighted by Gasteiger charge is -2.15. The van der Waals surface area contributed by atoms with Crippen molar-refractivity contribution in [3.05, 3.63) is 58.9 Å². The van der Waals surface area contributed by atoms with E-state index in [9.17, 15) is 4.79 Å². The Morgan fingerprint density at radius 3 is 2.57 bits per heavy atom. The molecular formula is C22H24N4OS. The van der Waals surface area contributed by atoms with Gasteiger partial charge in [0.15, 0.2) is 16.8 Å². The van der Waals surface area contributed by atoms with Crippen LogP contribution in [0, 0.1) is 20.8 Å². The molecule has 0 radical (unpaired) electrons. The first kappa shape index (κ1) is 18.9. The summed E-state index contributed by atoms with van der Waals surface area (Å²) < 4.78 is 2.18. The second-order valence-electron chi connectivity index (χ2n) is 7.52. The maximum absolute atomic E-state index is 13.1. The van der Waals surface area contributed by atoms with Crippen molar-refractivity contribution in [2.75, 3.05) is 0 Å². The van der Waals surface area contributed by atoms with Crippen molar-refractivity contribution >= 4 is 17.5 Å². The highest BCUT2D eigenvalue weighted by Crippen LogP contribution is 2.41. The van der Waals surface area contributed by atoms with Gasteiger partial charge in [0.2, 0.25) is 0 Å². The van der Waals surface area contributed by atoms with E-state index < -0.39 is 0 Å². The highest BCUT2D eigenvalue weighted by atomic mass is 32.2. The third kappa shape index (κ3) is 3.61. The average Bonchev–Trinajstić information content (AvgIpc) is 3.45. The van der Waals surface area contributed by atoms with Crippen molar-refractivity contribution in [2.45, 2.75) is 57.0 Å². The molecule has 6 heteroatoms. The lowest BCUT2D eigenvalue weighted by Crippen LogP contribution is -2.16. The molecule has 0 saturated heterocycles. The maximum atomic E-state index is 13.1.